The number of carboxylic acids is 1. The first-order valence-corrected chi connectivity index (χ1v) is 14.0. The predicted octanol–water partition coefficient (Wildman–Crippen LogP) is 3.81. The number of likely N-dealkylation sites (N-methyl/N-ethyl adjacent to an activating group) is 1. The Labute approximate surface area is 243 Å². The molecule has 41 heavy (non-hydrogen) atoms. The van der Waals surface area contributed by atoms with Gasteiger partial charge in [-0.05, 0) is 64.4 Å². The fourth-order valence-corrected chi connectivity index (χ4v) is 5.34. The number of aromatic carboxylic acids is 1. The number of hydrogen-bond acceptors (Lipinski definition) is 9. The molecule has 3 heterocycles. The molecule has 1 saturated heterocycles. The van der Waals surface area contributed by atoms with Crippen molar-refractivity contribution in [1.29, 1.82) is 0 Å². The number of nitrogens with one attached hydrogen (secondary N) is 2. The number of ether oxygens (including phenoxy) is 1. The second-order valence-corrected chi connectivity index (χ2v) is 11.7. The molecule has 1 aliphatic heterocycles. The third kappa shape index (κ3) is 6.54. The molecule has 0 radical (unpaired) electrons. The van der Waals surface area contributed by atoms with Gasteiger partial charge in [-0.2, -0.15) is 5.10 Å². The maximum absolute atomic E-state index is 12.2. The number of amides is 1. The number of piperazine rings is 1. The Balaban J connectivity index is 1.34. The van der Waals surface area contributed by atoms with Crippen LogP contribution in [-0.2, 0) is 24.1 Å². The van der Waals surface area contributed by atoms with Crippen molar-refractivity contribution in [1.82, 2.24) is 30.0 Å². The van der Waals surface area contributed by atoms with Crippen LogP contribution < -0.4 is 15.5 Å². The van der Waals surface area contributed by atoms with E-state index < -0.39 is 17.7 Å². The van der Waals surface area contributed by atoms with Crippen LogP contribution in [0.5, 0.6) is 0 Å². The molecule has 0 unspecified atom stereocenters. The van der Waals surface area contributed by atoms with Gasteiger partial charge in [-0.15, -0.1) is 0 Å². The van der Waals surface area contributed by atoms with E-state index in [-0.39, 0.29) is 18.8 Å². The normalized spacial score (nSPS) is 15.2. The zero-order valence-electron chi connectivity index (χ0n) is 23.7. The Morgan fingerprint density at radius 2 is 1.88 bits per heavy atom. The number of carbonyl (C=O) groups excluding carboxylic acids is 1. The van der Waals surface area contributed by atoms with Gasteiger partial charge in [0.15, 0.2) is 0 Å². The van der Waals surface area contributed by atoms with Crippen LogP contribution in [0.4, 0.5) is 22.1 Å². The zero-order chi connectivity index (χ0) is 29.3. The van der Waals surface area contributed by atoms with Crippen LogP contribution in [0.3, 0.4) is 0 Å². The number of anilines is 3. The highest BCUT2D eigenvalue weighted by Crippen LogP contribution is 2.35. The molecule has 5 rings (SSSR count). The SMILES string of the molecule is CN1CCN(c2ccc(Nc3ncc4c(n3)-c3nn(CCNC(=O)OC(C)(C)C)c(C(=O)O)c3CC4)cc2Cl)CC1. The molecule has 3 aromatic rings. The lowest BCUT2D eigenvalue weighted by atomic mass is 9.93. The van der Waals surface area contributed by atoms with Gasteiger partial charge in [0, 0.05) is 50.2 Å². The summed E-state index contributed by atoms with van der Waals surface area (Å²) < 4.78 is 6.67. The molecule has 0 bridgehead atoms. The minimum atomic E-state index is -1.08. The predicted molar refractivity (Wildman–Crippen MR) is 156 cm³/mol. The highest BCUT2D eigenvalue weighted by Gasteiger charge is 2.30. The molecule has 218 valence electrons. The first-order valence-electron chi connectivity index (χ1n) is 13.6. The van der Waals surface area contributed by atoms with E-state index in [4.69, 9.17) is 21.3 Å². The Morgan fingerprint density at radius 1 is 1.12 bits per heavy atom. The molecule has 13 heteroatoms. The van der Waals surface area contributed by atoms with Crippen molar-refractivity contribution >= 4 is 41.0 Å². The number of carbonyl (C=O) groups is 2. The Morgan fingerprint density at radius 3 is 2.56 bits per heavy atom. The Bertz CT molecular complexity index is 1460. The highest BCUT2D eigenvalue weighted by atomic mass is 35.5. The van der Waals surface area contributed by atoms with Gasteiger partial charge < -0.3 is 30.3 Å². The topological polar surface area (TPSA) is 138 Å². The molecule has 12 nitrogen and oxygen atoms in total. The summed E-state index contributed by atoms with van der Waals surface area (Å²) in [5.74, 6) is -0.722. The first kappa shape index (κ1) is 28.6. The zero-order valence-corrected chi connectivity index (χ0v) is 24.5. The molecule has 0 spiro atoms. The van der Waals surface area contributed by atoms with E-state index in [1.54, 1.807) is 27.0 Å². The van der Waals surface area contributed by atoms with Crippen molar-refractivity contribution in [2.75, 3.05) is 50.0 Å². The van der Waals surface area contributed by atoms with E-state index in [0.29, 0.717) is 40.8 Å². The standard InChI is InChI=1S/C28H35ClN8O4/c1-28(2,3)41-27(40)30-9-10-37-24(25(38)39)19-7-5-17-16-31-26(33-22(17)23(19)34-37)32-18-6-8-21(20(29)15-18)36-13-11-35(4)12-14-36/h6,8,15-16H,5,7,9-14H2,1-4H3,(H,30,40)(H,38,39)(H,31,32,33). The van der Waals surface area contributed by atoms with Gasteiger partial charge in [-0.3, -0.25) is 4.68 Å². The fourth-order valence-electron chi connectivity index (χ4n) is 5.04. The van der Waals surface area contributed by atoms with Gasteiger partial charge in [0.25, 0.3) is 0 Å². The third-order valence-corrected chi connectivity index (χ3v) is 7.33. The number of rotatable bonds is 7. The summed E-state index contributed by atoms with van der Waals surface area (Å²) in [7, 11) is 2.12. The number of nitrogens with zero attached hydrogens (tertiary/aromatic N) is 6. The largest absolute Gasteiger partial charge is 0.477 e. The number of benzene rings is 1. The number of halogens is 1. The van der Waals surface area contributed by atoms with Crippen LogP contribution in [0.25, 0.3) is 11.4 Å². The number of aromatic nitrogens is 4. The molecule has 2 aromatic heterocycles. The van der Waals surface area contributed by atoms with Crippen LogP contribution in [0.15, 0.2) is 24.4 Å². The summed E-state index contributed by atoms with van der Waals surface area (Å²) in [6, 6.07) is 5.81. The monoisotopic (exact) mass is 582 g/mol. The van der Waals surface area contributed by atoms with E-state index >= 15 is 0 Å². The fraction of sp³-hybridized carbons (Fsp3) is 0.464. The van der Waals surface area contributed by atoms with Gasteiger partial charge >= 0.3 is 12.1 Å². The van der Waals surface area contributed by atoms with Crippen LogP contribution >= 0.6 is 11.6 Å². The number of carboxylic acid groups (broad SMARTS) is 1. The van der Waals surface area contributed by atoms with Crippen molar-refractivity contribution < 1.29 is 19.4 Å². The Hall–Kier alpha value is -3.90. The summed E-state index contributed by atoms with van der Waals surface area (Å²) in [5.41, 5.74) is 3.81. The van der Waals surface area contributed by atoms with E-state index in [0.717, 1.165) is 43.1 Å². The van der Waals surface area contributed by atoms with Crippen LogP contribution in [0.1, 0.15) is 42.4 Å². The summed E-state index contributed by atoms with van der Waals surface area (Å²) in [6.07, 6.45) is 2.27. The average Bonchev–Trinajstić information content (AvgIpc) is 3.28. The van der Waals surface area contributed by atoms with Gasteiger partial charge in [-0.1, -0.05) is 11.6 Å². The second-order valence-electron chi connectivity index (χ2n) is 11.3. The van der Waals surface area contributed by atoms with E-state index in [1.807, 2.05) is 18.2 Å². The maximum atomic E-state index is 12.2. The second kappa shape index (κ2) is 11.5. The van der Waals surface area contributed by atoms with Crippen LogP contribution in [0, 0.1) is 0 Å². The molecule has 1 aliphatic carbocycles. The number of fused-ring (bicyclic) bond motifs is 3. The molecule has 3 N–H and O–H groups in total. The minimum absolute atomic E-state index is 0.0936. The lowest BCUT2D eigenvalue weighted by Crippen LogP contribution is -2.44. The van der Waals surface area contributed by atoms with Crippen molar-refractivity contribution in [3.05, 3.63) is 46.2 Å². The van der Waals surface area contributed by atoms with Crippen molar-refractivity contribution in [3.63, 3.8) is 0 Å². The maximum Gasteiger partial charge on any atom is 0.407 e. The van der Waals surface area contributed by atoms with E-state index in [1.165, 1.54) is 4.68 Å². The molecule has 0 atom stereocenters. The Kier molecular flexibility index (Phi) is 8.05. The quantitative estimate of drug-likeness (QED) is 0.377. The molecule has 0 saturated carbocycles. The van der Waals surface area contributed by atoms with E-state index in [9.17, 15) is 14.7 Å². The molecule has 1 amide bonds. The number of aryl methyl sites for hydroxylation is 1. The van der Waals surface area contributed by atoms with E-state index in [2.05, 4.69) is 37.6 Å². The number of hydrogen-bond donors (Lipinski definition) is 3. The van der Waals surface area contributed by atoms with Crippen molar-refractivity contribution in [2.24, 2.45) is 0 Å². The smallest absolute Gasteiger partial charge is 0.407 e. The van der Waals surface area contributed by atoms with Crippen LogP contribution in [0.2, 0.25) is 5.02 Å². The van der Waals surface area contributed by atoms with Crippen LogP contribution in [-0.4, -0.2) is 87.2 Å². The highest BCUT2D eigenvalue weighted by molar-refractivity contribution is 6.33. The summed E-state index contributed by atoms with van der Waals surface area (Å²) in [5, 5.41) is 21.1. The molecule has 1 aromatic carbocycles. The van der Waals surface area contributed by atoms with Crippen molar-refractivity contribution in [2.45, 2.75) is 45.8 Å². The summed E-state index contributed by atoms with van der Waals surface area (Å²) >= 11 is 6.65. The number of alkyl carbamates (subject to hydrolysis) is 1. The summed E-state index contributed by atoms with van der Waals surface area (Å²) in [6.45, 7) is 9.46. The van der Waals surface area contributed by atoms with Gasteiger partial charge in [-0.25, -0.2) is 19.6 Å². The first-order chi connectivity index (χ1) is 19.5. The molecular formula is C28H35ClN8O4. The van der Waals surface area contributed by atoms with Crippen molar-refractivity contribution in [3.8, 4) is 11.4 Å². The van der Waals surface area contributed by atoms with Gasteiger partial charge in [0.2, 0.25) is 5.95 Å². The molecule has 2 aliphatic rings. The average molecular weight is 583 g/mol. The van der Waals surface area contributed by atoms with Gasteiger partial charge in [0.1, 0.15) is 17.0 Å². The third-order valence-electron chi connectivity index (χ3n) is 7.03. The summed E-state index contributed by atoms with van der Waals surface area (Å²) in [4.78, 5) is 38.0. The lowest BCUT2D eigenvalue weighted by molar-refractivity contribution is 0.0525. The molecule has 1 fully saturated rings. The van der Waals surface area contributed by atoms with Gasteiger partial charge in [0.05, 0.1) is 22.9 Å². The lowest BCUT2D eigenvalue weighted by Gasteiger charge is -2.34. The molecular weight excluding hydrogens is 548 g/mol. The minimum Gasteiger partial charge on any atom is -0.477 e.